The van der Waals surface area contributed by atoms with Gasteiger partial charge in [-0.3, -0.25) is 9.88 Å². The molecule has 1 aliphatic heterocycles. The predicted molar refractivity (Wildman–Crippen MR) is 79.4 cm³/mol. The summed E-state index contributed by atoms with van der Waals surface area (Å²) in [6.07, 6.45) is 6.24. The topological polar surface area (TPSA) is 34.6 Å². The van der Waals surface area contributed by atoms with E-state index in [-0.39, 0.29) is 0 Å². The van der Waals surface area contributed by atoms with Crippen molar-refractivity contribution in [3.8, 4) is 0 Å². The highest BCUT2D eigenvalue weighted by Crippen LogP contribution is 2.33. The molecule has 1 atom stereocenters. The van der Waals surface area contributed by atoms with Crippen LogP contribution in [0, 0.1) is 0 Å². The standard InChI is InChI=1S/C16H26N2O2/c1-5-10-16(19-3,20-4)15-9-8-13(12-17-15)14-7-6-11-18(14)2/h8-9,12,14H,5-7,10-11H2,1-4H3. The number of pyridine rings is 1. The molecule has 0 radical (unpaired) electrons. The van der Waals surface area contributed by atoms with Crippen LogP contribution in [-0.2, 0) is 15.3 Å². The van der Waals surface area contributed by atoms with Crippen molar-refractivity contribution < 1.29 is 9.47 Å². The number of aromatic nitrogens is 1. The molecule has 0 spiro atoms. The minimum Gasteiger partial charge on any atom is -0.348 e. The number of hydrogen-bond donors (Lipinski definition) is 0. The summed E-state index contributed by atoms with van der Waals surface area (Å²) in [6, 6.07) is 4.71. The Kier molecular flexibility index (Phi) is 5.13. The van der Waals surface area contributed by atoms with Gasteiger partial charge in [-0.25, -0.2) is 0 Å². The molecule has 0 aliphatic carbocycles. The number of nitrogens with zero attached hydrogens (tertiary/aromatic N) is 2. The first kappa shape index (κ1) is 15.4. The molecule has 0 saturated carbocycles. The second-order valence-electron chi connectivity index (χ2n) is 5.53. The summed E-state index contributed by atoms with van der Waals surface area (Å²) in [5.74, 6) is -0.713. The molecule has 0 bridgehead atoms. The molecule has 20 heavy (non-hydrogen) atoms. The van der Waals surface area contributed by atoms with E-state index in [0.29, 0.717) is 6.04 Å². The van der Waals surface area contributed by atoms with Gasteiger partial charge in [0.1, 0.15) is 0 Å². The number of ether oxygens (including phenoxy) is 2. The number of methoxy groups -OCH3 is 2. The molecule has 0 aromatic carbocycles. The molecule has 2 rings (SSSR count). The summed E-state index contributed by atoms with van der Waals surface area (Å²) < 4.78 is 11.2. The Labute approximate surface area is 122 Å². The van der Waals surface area contributed by atoms with Gasteiger partial charge < -0.3 is 9.47 Å². The van der Waals surface area contributed by atoms with Gasteiger partial charge in [0.25, 0.3) is 0 Å². The maximum atomic E-state index is 5.60. The zero-order chi connectivity index (χ0) is 14.6. The highest BCUT2D eigenvalue weighted by Gasteiger charge is 2.33. The van der Waals surface area contributed by atoms with Gasteiger partial charge in [-0.05, 0) is 38.1 Å². The molecule has 2 heterocycles. The summed E-state index contributed by atoms with van der Waals surface area (Å²) in [5.41, 5.74) is 2.14. The van der Waals surface area contributed by atoms with Crippen molar-refractivity contribution in [2.45, 2.75) is 44.4 Å². The van der Waals surface area contributed by atoms with Gasteiger partial charge in [-0.2, -0.15) is 0 Å². The minimum absolute atomic E-state index is 0.502. The molecule has 0 N–H and O–H groups in total. The third kappa shape index (κ3) is 2.87. The van der Waals surface area contributed by atoms with Gasteiger partial charge >= 0.3 is 0 Å². The smallest absolute Gasteiger partial charge is 0.211 e. The molecular weight excluding hydrogens is 252 g/mol. The van der Waals surface area contributed by atoms with E-state index in [0.717, 1.165) is 18.5 Å². The van der Waals surface area contributed by atoms with E-state index in [1.807, 2.05) is 12.3 Å². The van der Waals surface area contributed by atoms with E-state index in [1.165, 1.54) is 24.9 Å². The Bertz CT molecular complexity index is 415. The lowest BCUT2D eigenvalue weighted by molar-refractivity contribution is -0.222. The Morgan fingerprint density at radius 2 is 2.10 bits per heavy atom. The van der Waals surface area contributed by atoms with Gasteiger partial charge in [0, 0.05) is 32.9 Å². The van der Waals surface area contributed by atoms with E-state index in [4.69, 9.17) is 9.47 Å². The highest BCUT2D eigenvalue weighted by molar-refractivity contribution is 5.21. The molecule has 1 saturated heterocycles. The fraction of sp³-hybridized carbons (Fsp3) is 0.688. The fourth-order valence-corrected chi connectivity index (χ4v) is 3.11. The van der Waals surface area contributed by atoms with Crippen LogP contribution >= 0.6 is 0 Å². The third-order valence-corrected chi connectivity index (χ3v) is 4.32. The van der Waals surface area contributed by atoms with E-state index >= 15 is 0 Å². The highest BCUT2D eigenvalue weighted by atomic mass is 16.7. The maximum absolute atomic E-state index is 5.60. The molecule has 0 amide bonds. The van der Waals surface area contributed by atoms with Crippen LogP contribution in [0.1, 0.15) is 49.9 Å². The third-order valence-electron chi connectivity index (χ3n) is 4.32. The molecule has 1 aromatic heterocycles. The average molecular weight is 278 g/mol. The van der Waals surface area contributed by atoms with Gasteiger partial charge in [0.15, 0.2) is 0 Å². The van der Waals surface area contributed by atoms with Crippen LogP contribution in [0.5, 0.6) is 0 Å². The Morgan fingerprint density at radius 1 is 1.35 bits per heavy atom. The van der Waals surface area contributed by atoms with Gasteiger partial charge in [-0.1, -0.05) is 19.4 Å². The van der Waals surface area contributed by atoms with E-state index < -0.39 is 5.79 Å². The van der Waals surface area contributed by atoms with Crippen molar-refractivity contribution in [1.29, 1.82) is 0 Å². The zero-order valence-electron chi connectivity index (χ0n) is 13.1. The number of likely N-dealkylation sites (tertiary alicyclic amines) is 1. The lowest BCUT2D eigenvalue weighted by Gasteiger charge is -2.30. The molecular formula is C16H26N2O2. The Morgan fingerprint density at radius 3 is 2.55 bits per heavy atom. The molecule has 112 valence electrons. The SMILES string of the molecule is CCCC(OC)(OC)c1ccc(C2CCCN2C)cn1. The summed E-state index contributed by atoms with van der Waals surface area (Å²) in [7, 11) is 5.54. The number of hydrogen-bond acceptors (Lipinski definition) is 4. The van der Waals surface area contributed by atoms with Crippen LogP contribution < -0.4 is 0 Å². The predicted octanol–water partition coefficient (Wildman–Crippen LogP) is 3.09. The molecule has 1 aromatic rings. The molecule has 1 unspecified atom stereocenters. The minimum atomic E-state index is -0.713. The largest absolute Gasteiger partial charge is 0.348 e. The second-order valence-corrected chi connectivity index (χ2v) is 5.53. The van der Waals surface area contributed by atoms with Crippen LogP contribution in [0.15, 0.2) is 18.3 Å². The van der Waals surface area contributed by atoms with Crippen LogP contribution in [0.4, 0.5) is 0 Å². The lowest BCUT2D eigenvalue weighted by Crippen LogP contribution is -2.32. The first-order valence-corrected chi connectivity index (χ1v) is 7.44. The summed E-state index contributed by atoms with van der Waals surface area (Å²) >= 11 is 0. The quantitative estimate of drug-likeness (QED) is 0.749. The van der Waals surface area contributed by atoms with E-state index in [1.54, 1.807) is 14.2 Å². The van der Waals surface area contributed by atoms with Gasteiger partial charge in [-0.15, -0.1) is 0 Å². The van der Waals surface area contributed by atoms with Crippen molar-refractivity contribution in [2.24, 2.45) is 0 Å². The van der Waals surface area contributed by atoms with Crippen molar-refractivity contribution >= 4 is 0 Å². The van der Waals surface area contributed by atoms with E-state index in [2.05, 4.69) is 29.9 Å². The summed E-state index contributed by atoms with van der Waals surface area (Å²) in [4.78, 5) is 7.01. The molecule has 4 heteroatoms. The maximum Gasteiger partial charge on any atom is 0.211 e. The van der Waals surface area contributed by atoms with Crippen LogP contribution in [0.25, 0.3) is 0 Å². The molecule has 1 fully saturated rings. The summed E-state index contributed by atoms with van der Waals surface area (Å²) in [6.45, 7) is 3.29. The second kappa shape index (κ2) is 6.66. The van der Waals surface area contributed by atoms with E-state index in [9.17, 15) is 0 Å². The lowest BCUT2D eigenvalue weighted by atomic mass is 10.0. The monoisotopic (exact) mass is 278 g/mol. The Hall–Kier alpha value is -0.970. The number of rotatable bonds is 6. The Balaban J connectivity index is 2.22. The van der Waals surface area contributed by atoms with Crippen LogP contribution in [0.3, 0.4) is 0 Å². The first-order valence-electron chi connectivity index (χ1n) is 7.44. The van der Waals surface area contributed by atoms with Crippen molar-refractivity contribution in [1.82, 2.24) is 9.88 Å². The van der Waals surface area contributed by atoms with Crippen molar-refractivity contribution in [2.75, 3.05) is 27.8 Å². The van der Waals surface area contributed by atoms with Crippen LogP contribution in [0.2, 0.25) is 0 Å². The summed E-state index contributed by atoms with van der Waals surface area (Å²) in [5, 5.41) is 0. The van der Waals surface area contributed by atoms with Crippen LogP contribution in [-0.4, -0.2) is 37.7 Å². The average Bonchev–Trinajstić information content (AvgIpc) is 2.91. The molecule has 4 nitrogen and oxygen atoms in total. The first-order chi connectivity index (χ1) is 9.66. The molecule has 1 aliphatic rings. The van der Waals surface area contributed by atoms with Gasteiger partial charge in [0.2, 0.25) is 5.79 Å². The van der Waals surface area contributed by atoms with Crippen molar-refractivity contribution in [3.63, 3.8) is 0 Å². The van der Waals surface area contributed by atoms with Gasteiger partial charge in [0.05, 0.1) is 5.69 Å². The normalized spacial score (nSPS) is 20.5. The van der Waals surface area contributed by atoms with Crippen molar-refractivity contribution in [3.05, 3.63) is 29.6 Å². The zero-order valence-corrected chi connectivity index (χ0v) is 13.1. The fourth-order valence-electron chi connectivity index (χ4n) is 3.11.